The number of amides is 12. The van der Waals surface area contributed by atoms with Gasteiger partial charge in [-0.2, -0.15) is 23.5 Å². The van der Waals surface area contributed by atoms with Crippen molar-refractivity contribution in [2.75, 3.05) is 37.8 Å². The average Bonchev–Trinajstić information content (AvgIpc) is 1.77. The van der Waals surface area contributed by atoms with Crippen LogP contribution in [0.3, 0.4) is 0 Å². The lowest BCUT2D eigenvalue weighted by molar-refractivity contribution is -0.143. The highest BCUT2D eigenvalue weighted by molar-refractivity contribution is 7.98. The van der Waals surface area contributed by atoms with Gasteiger partial charge in [0.15, 0.2) is 5.96 Å². The number of aliphatic carboxylic acids is 2. The van der Waals surface area contributed by atoms with Crippen molar-refractivity contribution in [2.24, 2.45) is 39.0 Å². The first-order chi connectivity index (χ1) is 51.1. The number of H-pyrrole nitrogens is 1. The minimum absolute atomic E-state index is 0.00913. The molecule has 0 radical (unpaired) electrons. The number of benzene rings is 2. The first-order valence-electron chi connectivity index (χ1n) is 35.9. The molecule has 1 aromatic heterocycles. The Morgan fingerprint density at radius 2 is 1.22 bits per heavy atom. The largest absolute Gasteiger partial charge is 0.494 e. The Morgan fingerprint density at radius 1 is 0.636 bits per heavy atom. The number of aromatic nitrogens is 1. The molecule has 35 nitrogen and oxygen atoms in total. The fourth-order valence-corrected chi connectivity index (χ4v) is 14.1. The molecule has 4 bridgehead atoms. The number of thioether (sulfide) groups is 2. The quantitative estimate of drug-likeness (QED) is 0.0388. The van der Waals surface area contributed by atoms with E-state index in [0.29, 0.717) is 65.4 Å². The van der Waals surface area contributed by atoms with Crippen LogP contribution in [0.4, 0.5) is 0 Å². The minimum atomic E-state index is -1.91. The van der Waals surface area contributed by atoms with Crippen LogP contribution in [0.15, 0.2) is 58.8 Å². The normalized spacial score (nSPS) is 24.4. The van der Waals surface area contributed by atoms with Gasteiger partial charge in [0.1, 0.15) is 79.0 Å². The monoisotopic (exact) mass is 1530 g/mol. The number of hydrogen-bond acceptors (Lipinski definition) is 20. The molecule has 0 spiro atoms. The number of aliphatic imine (C=N–C) groups is 1. The van der Waals surface area contributed by atoms with E-state index >= 15 is 4.79 Å². The number of guanidine groups is 1. The van der Waals surface area contributed by atoms with Crippen molar-refractivity contribution in [3.63, 3.8) is 0 Å². The van der Waals surface area contributed by atoms with E-state index in [1.807, 2.05) is 13.0 Å². The number of rotatable bonds is 20. The van der Waals surface area contributed by atoms with Crippen molar-refractivity contribution in [1.29, 1.82) is 0 Å². The number of nitrogens with zero attached hydrogens (tertiary/aromatic N) is 3. The summed E-state index contributed by atoms with van der Waals surface area (Å²) in [6, 6.07) is -3.01. The van der Waals surface area contributed by atoms with Gasteiger partial charge >= 0.3 is 11.9 Å². The van der Waals surface area contributed by atoms with Gasteiger partial charge in [-0.15, -0.1) is 0 Å². The lowest BCUT2D eigenvalue weighted by Crippen LogP contribution is -2.62. The summed E-state index contributed by atoms with van der Waals surface area (Å²) in [7, 11) is 0. The van der Waals surface area contributed by atoms with E-state index < -0.39 is 181 Å². The maximum Gasteiger partial charge on any atom is 0.305 e. The minimum Gasteiger partial charge on any atom is -0.494 e. The maximum absolute atomic E-state index is 15.3. The van der Waals surface area contributed by atoms with E-state index in [4.69, 9.17) is 32.5 Å². The van der Waals surface area contributed by atoms with Crippen LogP contribution in [0.2, 0.25) is 0 Å². The summed E-state index contributed by atoms with van der Waals surface area (Å²) >= 11 is 2.38. The van der Waals surface area contributed by atoms with Crippen molar-refractivity contribution >= 4 is 129 Å². The molecular formula is C70H101N17O18S2. The number of aromatic amines is 1. The fourth-order valence-electron chi connectivity index (χ4n) is 12.1. The Balaban J connectivity index is 1.45. The molecule has 0 saturated carbocycles. The molecule has 37 heteroatoms. The predicted octanol–water partition coefficient (Wildman–Crippen LogP) is -0.420. The third-order valence-corrected chi connectivity index (χ3v) is 20.3. The Kier molecular flexibility index (Phi) is 35.3. The second-order valence-corrected chi connectivity index (χ2v) is 28.5. The predicted molar refractivity (Wildman–Crippen MR) is 397 cm³/mol. The number of hydrogen-bond donors (Lipinski definition) is 16. The van der Waals surface area contributed by atoms with Crippen molar-refractivity contribution in [1.82, 2.24) is 57.7 Å². The second-order valence-electron chi connectivity index (χ2n) is 26.5. The van der Waals surface area contributed by atoms with Gasteiger partial charge < -0.3 is 100 Å². The van der Waals surface area contributed by atoms with Gasteiger partial charge in [-0.25, -0.2) is 0 Å². The summed E-state index contributed by atoms with van der Waals surface area (Å²) in [5, 5.41) is 47.9. The van der Waals surface area contributed by atoms with Crippen molar-refractivity contribution < 1.29 is 86.9 Å². The number of nitrogens with one attached hydrogen (secondary N) is 10. The van der Waals surface area contributed by atoms with Crippen LogP contribution in [-0.2, 0) is 89.9 Å². The molecule has 4 heterocycles. The zero-order chi connectivity index (χ0) is 78.1. The van der Waals surface area contributed by atoms with E-state index in [0.717, 1.165) is 24.4 Å². The molecule has 2 aromatic carbocycles. The second kappa shape index (κ2) is 44.1. The van der Waals surface area contributed by atoms with E-state index in [2.05, 4.69) is 63.0 Å². The van der Waals surface area contributed by atoms with Gasteiger partial charge in [0, 0.05) is 72.5 Å². The van der Waals surface area contributed by atoms with Crippen LogP contribution in [0, 0.1) is 5.92 Å². The molecule has 0 aliphatic carbocycles. The summed E-state index contributed by atoms with van der Waals surface area (Å²) in [6.07, 6.45) is 2.97. The molecule has 107 heavy (non-hydrogen) atoms. The van der Waals surface area contributed by atoms with Crippen LogP contribution in [0.1, 0.15) is 147 Å². The highest BCUT2D eigenvalue weighted by atomic mass is 32.2. The van der Waals surface area contributed by atoms with Crippen molar-refractivity contribution in [2.45, 2.75) is 208 Å². The molecule has 3 aliphatic rings. The Bertz CT molecular complexity index is 3690. The Morgan fingerprint density at radius 3 is 1.88 bits per heavy atom. The van der Waals surface area contributed by atoms with Crippen molar-refractivity contribution in [3.05, 3.63) is 65.4 Å². The first-order valence-corrected chi connectivity index (χ1v) is 38.2. The summed E-state index contributed by atoms with van der Waals surface area (Å²) in [6.45, 7) is 5.58. The van der Waals surface area contributed by atoms with Gasteiger partial charge in [-0.3, -0.25) is 72.1 Å². The zero-order valence-corrected chi connectivity index (χ0v) is 62.0. The van der Waals surface area contributed by atoms with E-state index in [-0.39, 0.29) is 100 Å². The first kappa shape index (κ1) is 85.7. The van der Waals surface area contributed by atoms with Crippen molar-refractivity contribution in [3.8, 4) is 5.75 Å². The number of ether oxygens (including phenoxy) is 1. The van der Waals surface area contributed by atoms with Crippen LogP contribution < -0.4 is 75.5 Å². The number of oxime groups is 1. The van der Waals surface area contributed by atoms with E-state index in [9.17, 15) is 72.5 Å². The maximum atomic E-state index is 15.3. The molecule has 11 atom stereocenters. The molecule has 586 valence electrons. The third-order valence-electron chi connectivity index (χ3n) is 18.1. The number of fused-ring (bicyclic) bond motifs is 7. The van der Waals surface area contributed by atoms with Gasteiger partial charge in [-0.05, 0) is 111 Å². The number of para-hydroxylation sites is 1. The number of unbranched alkanes of at least 4 members (excludes halogenated alkanes) is 1. The highest BCUT2D eigenvalue weighted by Gasteiger charge is 2.42. The lowest BCUT2D eigenvalue weighted by atomic mass is 9.96. The molecule has 3 aromatic rings. The summed E-state index contributed by atoms with van der Waals surface area (Å²) in [5.74, 6) is -14.8. The molecular weight excluding hydrogens is 1430 g/mol. The Hall–Kier alpha value is -10.2. The standard InChI is InChI=1S/C70H101N17O18S2/c1-4-6-16-47-62(96)82-51(32-58(92)93)66(100)86-59(39(3)5-2)68(102)83-50(31-42-33-76-45-17-10-9-15-44(42)45)65(99)80-48(20-22-55(71)88)63(97)79-49(21-23-57(90)91)64(98)84-52(60(72)94)37-106-35-40-28-41-30-43(29-40)104-26-11-7-8-12-27-105-77-34-56(89)78-46(18-13-24-75-70(73)74)61(95)85-53(38-107-36-41)69(103)87-25-14-19-54(87)67(101)81-47/h9-10,15,17,28-30,33-34,39,46-54,59,76H,4-8,11-14,16,18-27,31-32,35-38H2,1-3H3,(H2,71,88)(H2,72,94)(H,78,89)(H,79,97)(H,80,99)(H,81,101)(H,82,96)(H,83,102)(H,84,98)(H,85,95)(H,86,100)(H,90,91)(H,92,93)(H4,73,74,75)/b77-34+/t39-,46-,47-,48-,49-,50-,51-,52-,53-,54-,59-/m0/s1. The molecule has 6 rings (SSSR count). The van der Waals surface area contributed by atoms with Crippen LogP contribution in [0.5, 0.6) is 5.75 Å². The van der Waals surface area contributed by atoms with Gasteiger partial charge in [-0.1, -0.05) is 69.5 Å². The van der Waals surface area contributed by atoms with E-state index in [1.54, 1.807) is 56.4 Å². The smallest absolute Gasteiger partial charge is 0.305 e. The summed E-state index contributed by atoms with van der Waals surface area (Å²) in [4.78, 5) is 210. The fraction of sp³-hybridized carbons (Fsp3) is 0.571. The number of carbonyl (C=O) groups is 14. The molecule has 20 N–H and O–H groups in total. The average molecular weight is 1530 g/mol. The number of nitrogens with two attached hydrogens (primary N) is 4. The summed E-state index contributed by atoms with van der Waals surface area (Å²) < 4.78 is 6.29. The lowest BCUT2D eigenvalue weighted by Gasteiger charge is -2.31. The van der Waals surface area contributed by atoms with Crippen LogP contribution in [0.25, 0.3) is 10.9 Å². The third kappa shape index (κ3) is 28.6. The van der Waals surface area contributed by atoms with E-state index in [1.165, 1.54) is 16.7 Å². The van der Waals surface area contributed by atoms with Gasteiger partial charge in [0.25, 0.3) is 5.91 Å². The molecule has 3 aliphatic heterocycles. The topological polar surface area (TPSA) is 554 Å². The van der Waals surface area contributed by atoms with Crippen LogP contribution >= 0.6 is 23.5 Å². The highest BCUT2D eigenvalue weighted by Crippen LogP contribution is 2.28. The number of carbonyl (C=O) groups excluding carboxylic acids is 12. The number of carboxylic acid groups (broad SMARTS) is 2. The molecule has 0 unspecified atom stereocenters. The molecule has 1 fully saturated rings. The number of primary amides is 2. The SMILES string of the molecule is CCCC[C@@H]1NC(=O)[C@@H]2CCCN2C(=O)[C@@H]2CSCc3cc(cc(c3)OCCCCCCO/N=C/C(=O)N[C@@H](CCCN=C(N)N)C(=O)N2)CSC[C@@H](C(N)=O)NC(=O)[C@H](CCC(=O)O)NC(=O)[C@H](CCC(N)=O)NC(=O)[C@H](Cc2c[nH]c3ccccc23)NC(=O)[C@H]([C@@H](C)CC)NC(=O)[C@H](CC(=O)O)NC1=O. The van der Waals surface area contributed by atoms with Crippen LogP contribution in [-0.4, -0.2) is 213 Å². The number of carboxylic acids is 2. The molecule has 12 amide bonds. The van der Waals surface area contributed by atoms with Gasteiger partial charge in [0.05, 0.1) is 13.0 Å². The van der Waals surface area contributed by atoms with Gasteiger partial charge in [0.2, 0.25) is 65.0 Å². The Labute approximate surface area is 627 Å². The summed E-state index contributed by atoms with van der Waals surface area (Å²) in [5.41, 5.74) is 25.1. The molecule has 1 saturated heterocycles. The zero-order valence-electron chi connectivity index (χ0n) is 60.3.